The number of morpholine rings is 1. The molecule has 0 unspecified atom stereocenters. The lowest BCUT2D eigenvalue weighted by Crippen LogP contribution is -3.15. The number of hydrogen-bond acceptors (Lipinski definition) is 5. The topological polar surface area (TPSA) is 88.0 Å². The molecule has 8 heteroatoms. The fraction of sp³-hybridized carbons (Fsp3) is 0.409. The molecule has 30 heavy (non-hydrogen) atoms. The van der Waals surface area contributed by atoms with E-state index in [1.807, 2.05) is 20.2 Å². The summed E-state index contributed by atoms with van der Waals surface area (Å²) < 4.78 is 5.49. The number of benzene rings is 1. The van der Waals surface area contributed by atoms with Crippen LogP contribution in [0.25, 0.3) is 0 Å². The van der Waals surface area contributed by atoms with Crippen molar-refractivity contribution in [2.45, 2.75) is 12.6 Å². The molecule has 2 amide bonds. The van der Waals surface area contributed by atoms with Crippen LogP contribution in [-0.4, -0.2) is 63.7 Å². The number of carbonyl (C=O) groups is 2. The van der Waals surface area contributed by atoms with Gasteiger partial charge < -0.3 is 25.2 Å². The molecule has 1 atom stereocenters. The van der Waals surface area contributed by atoms with Crippen molar-refractivity contribution in [2.75, 3.05) is 51.8 Å². The first kappa shape index (κ1) is 21.7. The van der Waals surface area contributed by atoms with E-state index in [9.17, 15) is 9.59 Å². The van der Waals surface area contributed by atoms with Crippen LogP contribution in [-0.2, 0) is 20.9 Å². The number of nitrogens with zero attached hydrogens (tertiary/aromatic N) is 2. The van der Waals surface area contributed by atoms with E-state index in [0.717, 1.165) is 29.9 Å². The summed E-state index contributed by atoms with van der Waals surface area (Å²) in [4.78, 5) is 31.9. The van der Waals surface area contributed by atoms with Gasteiger partial charge in [0.1, 0.15) is 19.1 Å². The lowest BCUT2D eigenvalue weighted by atomic mass is 10.0. The maximum atomic E-state index is 12.3. The number of quaternary nitrogens is 1. The van der Waals surface area contributed by atoms with Crippen molar-refractivity contribution in [1.82, 2.24) is 15.6 Å². The van der Waals surface area contributed by atoms with Crippen molar-refractivity contribution in [3.05, 3.63) is 59.9 Å². The molecule has 8 nitrogen and oxygen atoms in total. The second-order valence-corrected chi connectivity index (χ2v) is 7.56. The highest BCUT2D eigenvalue weighted by molar-refractivity contribution is 6.35. The summed E-state index contributed by atoms with van der Waals surface area (Å²) in [6, 6.07) is 12.0. The Morgan fingerprint density at radius 3 is 2.43 bits per heavy atom. The summed E-state index contributed by atoms with van der Waals surface area (Å²) in [7, 11) is 4.01. The first-order valence-corrected chi connectivity index (χ1v) is 10.2. The Kier molecular flexibility index (Phi) is 7.75. The molecule has 0 spiro atoms. The third-order valence-electron chi connectivity index (χ3n) is 5.29. The highest BCUT2D eigenvalue weighted by atomic mass is 16.5. The molecular weight excluding hydrogens is 382 g/mol. The van der Waals surface area contributed by atoms with Crippen LogP contribution in [0.4, 0.5) is 5.69 Å². The summed E-state index contributed by atoms with van der Waals surface area (Å²) in [6.07, 6.45) is 3.32. The average molecular weight is 413 g/mol. The van der Waals surface area contributed by atoms with Crippen LogP contribution in [0.3, 0.4) is 0 Å². The van der Waals surface area contributed by atoms with Crippen LogP contribution in [0.5, 0.6) is 0 Å². The predicted molar refractivity (Wildman–Crippen MR) is 114 cm³/mol. The molecule has 0 saturated carbocycles. The zero-order chi connectivity index (χ0) is 21.3. The molecule has 0 radical (unpaired) electrons. The average Bonchev–Trinajstić information content (AvgIpc) is 2.79. The zero-order valence-electron chi connectivity index (χ0n) is 17.6. The van der Waals surface area contributed by atoms with E-state index in [1.165, 1.54) is 4.90 Å². The van der Waals surface area contributed by atoms with Crippen LogP contribution in [0.1, 0.15) is 17.2 Å². The largest absolute Gasteiger partial charge is 0.378 e. The Morgan fingerprint density at radius 2 is 1.80 bits per heavy atom. The number of pyridine rings is 1. The van der Waals surface area contributed by atoms with Crippen molar-refractivity contribution in [2.24, 2.45) is 0 Å². The van der Waals surface area contributed by atoms with Crippen LogP contribution in [0, 0.1) is 0 Å². The number of ether oxygens (including phenoxy) is 1. The molecule has 3 N–H and O–H groups in total. The quantitative estimate of drug-likeness (QED) is 0.536. The van der Waals surface area contributed by atoms with E-state index in [-0.39, 0.29) is 12.6 Å². The van der Waals surface area contributed by atoms with Gasteiger partial charge in [0.25, 0.3) is 0 Å². The van der Waals surface area contributed by atoms with E-state index in [0.29, 0.717) is 19.8 Å². The molecule has 0 bridgehead atoms. The Labute approximate surface area is 177 Å². The minimum atomic E-state index is -0.641. The van der Waals surface area contributed by atoms with Gasteiger partial charge in [-0.3, -0.25) is 14.6 Å². The zero-order valence-corrected chi connectivity index (χ0v) is 17.6. The Bertz CT molecular complexity index is 820. The van der Waals surface area contributed by atoms with Gasteiger partial charge in [-0.1, -0.05) is 18.2 Å². The lowest BCUT2D eigenvalue weighted by molar-refractivity contribution is -0.937. The van der Waals surface area contributed by atoms with E-state index in [1.54, 1.807) is 18.5 Å². The molecular formula is C22H30N5O3+. The minimum Gasteiger partial charge on any atom is -0.378 e. The van der Waals surface area contributed by atoms with Crippen molar-refractivity contribution < 1.29 is 19.2 Å². The van der Waals surface area contributed by atoms with Crippen molar-refractivity contribution >= 4 is 17.5 Å². The molecule has 1 aromatic heterocycles. The van der Waals surface area contributed by atoms with E-state index >= 15 is 0 Å². The normalized spacial score (nSPS) is 15.3. The lowest BCUT2D eigenvalue weighted by Gasteiger charge is -2.32. The highest BCUT2D eigenvalue weighted by Gasteiger charge is 2.27. The van der Waals surface area contributed by atoms with Gasteiger partial charge in [0.15, 0.2) is 0 Å². The molecule has 1 aromatic carbocycles. The molecule has 3 rings (SSSR count). The summed E-state index contributed by atoms with van der Waals surface area (Å²) in [5.74, 6) is -1.26. The van der Waals surface area contributed by atoms with Gasteiger partial charge >= 0.3 is 11.8 Å². The van der Waals surface area contributed by atoms with Crippen LogP contribution >= 0.6 is 0 Å². The summed E-state index contributed by atoms with van der Waals surface area (Å²) in [5, 5.41) is 5.45. The van der Waals surface area contributed by atoms with Crippen molar-refractivity contribution in [3.8, 4) is 0 Å². The number of aromatic nitrogens is 1. The SMILES string of the molecule is CN(C)c1ccc([C@@H](CNC(=O)C(=O)NCc2cccnc2)[NH+]2CCOCC2)cc1. The van der Waals surface area contributed by atoms with Crippen LogP contribution in [0.15, 0.2) is 48.8 Å². The van der Waals surface area contributed by atoms with Gasteiger partial charge in [0, 0.05) is 44.3 Å². The maximum absolute atomic E-state index is 12.3. The molecule has 160 valence electrons. The number of hydrogen-bond donors (Lipinski definition) is 3. The van der Waals surface area contributed by atoms with Gasteiger partial charge in [0.2, 0.25) is 0 Å². The Morgan fingerprint density at radius 1 is 1.10 bits per heavy atom. The fourth-order valence-corrected chi connectivity index (χ4v) is 3.53. The molecule has 1 aliphatic heterocycles. The molecule has 2 aromatic rings. The van der Waals surface area contributed by atoms with Gasteiger partial charge in [-0.25, -0.2) is 0 Å². The standard InChI is InChI=1S/C22H29N5O3/c1-26(2)19-7-5-18(6-8-19)20(27-10-12-30-13-11-27)16-25-22(29)21(28)24-15-17-4-3-9-23-14-17/h3-9,14,20H,10-13,15-16H2,1-2H3,(H,24,28)(H,25,29)/p+1/t20-/m1/s1. The third kappa shape index (κ3) is 6.01. The Hall–Kier alpha value is -2.97. The first-order valence-electron chi connectivity index (χ1n) is 10.2. The van der Waals surface area contributed by atoms with E-state index in [2.05, 4.69) is 44.8 Å². The number of rotatable bonds is 7. The second-order valence-electron chi connectivity index (χ2n) is 7.56. The molecule has 1 fully saturated rings. The second kappa shape index (κ2) is 10.7. The predicted octanol–water partition coefficient (Wildman–Crippen LogP) is -0.464. The Balaban J connectivity index is 1.61. The summed E-state index contributed by atoms with van der Waals surface area (Å²) in [5.41, 5.74) is 3.09. The number of anilines is 1. The molecule has 0 aliphatic carbocycles. The number of amides is 2. The van der Waals surface area contributed by atoms with Gasteiger partial charge in [0.05, 0.1) is 19.8 Å². The van der Waals surface area contributed by atoms with Crippen LogP contribution < -0.4 is 20.4 Å². The maximum Gasteiger partial charge on any atom is 0.309 e. The summed E-state index contributed by atoms with van der Waals surface area (Å²) in [6.45, 7) is 3.77. The molecule has 1 saturated heterocycles. The van der Waals surface area contributed by atoms with E-state index in [4.69, 9.17) is 4.74 Å². The smallest absolute Gasteiger partial charge is 0.309 e. The summed E-state index contributed by atoms with van der Waals surface area (Å²) >= 11 is 0. The van der Waals surface area contributed by atoms with E-state index < -0.39 is 11.8 Å². The van der Waals surface area contributed by atoms with Crippen molar-refractivity contribution in [1.29, 1.82) is 0 Å². The monoisotopic (exact) mass is 412 g/mol. The van der Waals surface area contributed by atoms with Gasteiger partial charge in [-0.2, -0.15) is 0 Å². The molecule has 1 aliphatic rings. The highest BCUT2D eigenvalue weighted by Crippen LogP contribution is 2.16. The van der Waals surface area contributed by atoms with Crippen LogP contribution in [0.2, 0.25) is 0 Å². The van der Waals surface area contributed by atoms with Gasteiger partial charge in [-0.15, -0.1) is 0 Å². The fourth-order valence-electron chi connectivity index (χ4n) is 3.53. The number of carbonyl (C=O) groups excluding carboxylic acids is 2. The first-order chi connectivity index (χ1) is 14.5. The van der Waals surface area contributed by atoms with Crippen molar-refractivity contribution in [3.63, 3.8) is 0 Å². The third-order valence-corrected chi connectivity index (χ3v) is 5.29. The minimum absolute atomic E-state index is 0.0557. The van der Waals surface area contributed by atoms with Gasteiger partial charge in [-0.05, 0) is 23.8 Å². The molecule has 2 heterocycles. The number of nitrogens with one attached hydrogen (secondary N) is 3.